The number of amides is 1. The van der Waals surface area contributed by atoms with Gasteiger partial charge >= 0.3 is 0 Å². The first-order valence-corrected chi connectivity index (χ1v) is 9.74. The van der Waals surface area contributed by atoms with E-state index in [0.717, 1.165) is 11.1 Å². The van der Waals surface area contributed by atoms with Crippen molar-refractivity contribution in [2.24, 2.45) is 5.10 Å². The Kier molecular flexibility index (Phi) is 6.85. The summed E-state index contributed by atoms with van der Waals surface area (Å²) in [4.78, 5) is 11.9. The minimum Gasteiger partial charge on any atom is -0.483 e. The topological polar surface area (TPSA) is 63.8 Å². The van der Waals surface area contributed by atoms with Gasteiger partial charge in [0.05, 0.1) is 21.3 Å². The minimum atomic E-state index is -0.388. The quantitative estimate of drug-likeness (QED) is 0.282. The molecule has 1 heterocycles. The van der Waals surface area contributed by atoms with Gasteiger partial charge in [-0.2, -0.15) is 5.10 Å². The van der Waals surface area contributed by atoms with Crippen molar-refractivity contribution in [3.8, 4) is 17.1 Å². The zero-order chi connectivity index (χ0) is 21.0. The number of halogens is 3. The molecule has 1 aromatic heterocycles. The molecular formula is C21H17Cl3N2O3. The van der Waals surface area contributed by atoms with Crippen LogP contribution < -0.4 is 10.2 Å². The predicted octanol–water partition coefficient (Wildman–Crippen LogP) is 6.05. The van der Waals surface area contributed by atoms with Crippen LogP contribution in [0.25, 0.3) is 11.3 Å². The molecule has 0 spiro atoms. The Hall–Kier alpha value is -2.47. The molecule has 0 saturated carbocycles. The van der Waals surface area contributed by atoms with Crippen LogP contribution in [0.4, 0.5) is 0 Å². The largest absolute Gasteiger partial charge is 0.483 e. The number of carbonyl (C=O) groups excluding carboxylic acids is 1. The summed E-state index contributed by atoms with van der Waals surface area (Å²) in [5.74, 6) is 1.21. The number of carbonyl (C=O) groups is 1. The molecule has 0 atom stereocenters. The first-order chi connectivity index (χ1) is 13.8. The van der Waals surface area contributed by atoms with Crippen molar-refractivity contribution in [3.05, 3.63) is 74.4 Å². The molecule has 0 aliphatic carbocycles. The zero-order valence-electron chi connectivity index (χ0n) is 15.6. The lowest BCUT2D eigenvalue weighted by atomic mass is 10.1. The van der Waals surface area contributed by atoms with Gasteiger partial charge in [0, 0.05) is 5.56 Å². The van der Waals surface area contributed by atoms with Crippen molar-refractivity contribution in [1.82, 2.24) is 5.43 Å². The van der Waals surface area contributed by atoms with E-state index in [1.165, 1.54) is 6.21 Å². The van der Waals surface area contributed by atoms with Crippen LogP contribution in [-0.2, 0) is 4.79 Å². The number of nitrogens with one attached hydrogen (secondary N) is 1. The highest BCUT2D eigenvalue weighted by Gasteiger charge is 2.11. The summed E-state index contributed by atoms with van der Waals surface area (Å²) in [6, 6.07) is 12.3. The summed E-state index contributed by atoms with van der Waals surface area (Å²) in [5, 5.41) is 5.02. The highest BCUT2D eigenvalue weighted by Crippen LogP contribution is 2.35. The lowest BCUT2D eigenvalue weighted by Crippen LogP contribution is -2.24. The Bertz CT molecular complexity index is 1080. The molecule has 0 radical (unpaired) electrons. The van der Waals surface area contributed by atoms with Gasteiger partial charge in [-0.3, -0.25) is 4.79 Å². The number of hydrogen-bond donors (Lipinski definition) is 1. The van der Waals surface area contributed by atoms with Crippen LogP contribution in [0.3, 0.4) is 0 Å². The van der Waals surface area contributed by atoms with Gasteiger partial charge in [-0.1, -0.05) is 46.9 Å². The summed E-state index contributed by atoms with van der Waals surface area (Å²) in [6.45, 7) is 3.77. The van der Waals surface area contributed by atoms with E-state index in [1.54, 1.807) is 24.3 Å². The van der Waals surface area contributed by atoms with E-state index < -0.39 is 0 Å². The van der Waals surface area contributed by atoms with Crippen LogP contribution in [0.2, 0.25) is 15.1 Å². The normalized spacial score (nSPS) is 11.1. The molecule has 3 rings (SSSR count). The third kappa shape index (κ3) is 5.32. The maximum Gasteiger partial charge on any atom is 0.277 e. The fourth-order valence-corrected chi connectivity index (χ4v) is 3.14. The van der Waals surface area contributed by atoms with Gasteiger partial charge < -0.3 is 9.15 Å². The summed E-state index contributed by atoms with van der Waals surface area (Å²) >= 11 is 18.2. The van der Waals surface area contributed by atoms with E-state index in [4.69, 9.17) is 44.0 Å². The number of furan rings is 1. The summed E-state index contributed by atoms with van der Waals surface area (Å²) < 4.78 is 11.2. The number of aryl methyl sites for hydroxylation is 1. The maximum atomic E-state index is 11.9. The van der Waals surface area contributed by atoms with Gasteiger partial charge in [-0.05, 0) is 55.3 Å². The lowest BCUT2D eigenvalue weighted by Gasteiger charge is -2.09. The fourth-order valence-electron chi connectivity index (χ4n) is 2.50. The molecule has 150 valence electrons. The van der Waals surface area contributed by atoms with E-state index in [2.05, 4.69) is 10.5 Å². The van der Waals surface area contributed by atoms with E-state index >= 15 is 0 Å². The lowest BCUT2D eigenvalue weighted by molar-refractivity contribution is -0.123. The second kappa shape index (κ2) is 9.35. The molecule has 8 heteroatoms. The van der Waals surface area contributed by atoms with Crippen molar-refractivity contribution in [3.63, 3.8) is 0 Å². The number of benzene rings is 2. The Balaban J connectivity index is 1.58. The number of hydrogen-bond acceptors (Lipinski definition) is 4. The van der Waals surface area contributed by atoms with Crippen molar-refractivity contribution in [2.45, 2.75) is 13.8 Å². The summed E-state index contributed by atoms with van der Waals surface area (Å²) in [7, 11) is 0. The standard InChI is InChI=1S/C21H17Cl3N2O3/c1-12-4-3-5-19(13(12)2)28-11-21(27)26-25-10-14-6-7-20(29-14)15-8-17(23)18(24)9-16(15)22/h3-10H,11H2,1-2H3,(H,26,27)/b25-10+. The van der Waals surface area contributed by atoms with Crippen molar-refractivity contribution in [1.29, 1.82) is 0 Å². The molecule has 0 saturated heterocycles. The molecule has 5 nitrogen and oxygen atoms in total. The Morgan fingerprint density at radius 2 is 1.86 bits per heavy atom. The van der Waals surface area contributed by atoms with Crippen LogP contribution in [0.1, 0.15) is 16.9 Å². The first kappa shape index (κ1) is 21.2. The Morgan fingerprint density at radius 1 is 1.10 bits per heavy atom. The van der Waals surface area contributed by atoms with Crippen LogP contribution in [-0.4, -0.2) is 18.7 Å². The second-order valence-corrected chi connectivity index (χ2v) is 7.45. The molecule has 0 aliphatic rings. The SMILES string of the molecule is Cc1cccc(OCC(=O)N/N=C/c2ccc(-c3cc(Cl)c(Cl)cc3Cl)o2)c1C. The third-order valence-corrected chi connectivity index (χ3v) is 5.23. The molecule has 0 bridgehead atoms. The molecule has 0 unspecified atom stereocenters. The smallest absolute Gasteiger partial charge is 0.277 e. The van der Waals surface area contributed by atoms with Crippen LogP contribution in [0.15, 0.2) is 52.0 Å². The number of hydrazone groups is 1. The average molecular weight is 452 g/mol. The number of ether oxygens (including phenoxy) is 1. The van der Waals surface area contributed by atoms with E-state index in [-0.39, 0.29) is 12.5 Å². The monoisotopic (exact) mass is 450 g/mol. The highest BCUT2D eigenvalue weighted by atomic mass is 35.5. The van der Waals surface area contributed by atoms with Crippen molar-refractivity contribution >= 4 is 46.9 Å². The van der Waals surface area contributed by atoms with Crippen LogP contribution >= 0.6 is 34.8 Å². The molecule has 29 heavy (non-hydrogen) atoms. The third-order valence-electron chi connectivity index (χ3n) is 4.20. The molecular weight excluding hydrogens is 435 g/mol. The highest BCUT2D eigenvalue weighted by molar-refractivity contribution is 6.44. The minimum absolute atomic E-state index is 0.149. The molecule has 2 aromatic carbocycles. The molecule has 1 amide bonds. The maximum absolute atomic E-state index is 11.9. The molecule has 3 aromatic rings. The van der Waals surface area contributed by atoms with Gasteiger partial charge in [0.15, 0.2) is 6.61 Å². The second-order valence-electron chi connectivity index (χ2n) is 6.23. The summed E-state index contributed by atoms with van der Waals surface area (Å²) in [6.07, 6.45) is 1.38. The predicted molar refractivity (Wildman–Crippen MR) is 116 cm³/mol. The van der Waals surface area contributed by atoms with Crippen LogP contribution in [0.5, 0.6) is 5.75 Å². The Labute approximate surface area is 183 Å². The van der Waals surface area contributed by atoms with E-state index in [1.807, 2.05) is 32.0 Å². The number of rotatable bonds is 6. The number of nitrogens with zero attached hydrogens (tertiary/aromatic N) is 1. The van der Waals surface area contributed by atoms with Gasteiger partial charge in [0.1, 0.15) is 17.3 Å². The van der Waals surface area contributed by atoms with Crippen LogP contribution in [0, 0.1) is 13.8 Å². The van der Waals surface area contributed by atoms with Gasteiger partial charge in [-0.15, -0.1) is 0 Å². The zero-order valence-corrected chi connectivity index (χ0v) is 17.9. The molecule has 0 aliphatic heterocycles. The van der Waals surface area contributed by atoms with Crippen molar-refractivity contribution < 1.29 is 13.9 Å². The van der Waals surface area contributed by atoms with E-state index in [0.29, 0.717) is 37.9 Å². The molecule has 0 fully saturated rings. The fraction of sp³-hybridized carbons (Fsp3) is 0.143. The first-order valence-electron chi connectivity index (χ1n) is 8.61. The van der Waals surface area contributed by atoms with Gasteiger partial charge in [0.25, 0.3) is 5.91 Å². The summed E-state index contributed by atoms with van der Waals surface area (Å²) in [5.41, 5.74) is 5.08. The average Bonchev–Trinajstić information content (AvgIpc) is 3.14. The van der Waals surface area contributed by atoms with Gasteiger partial charge in [0.2, 0.25) is 0 Å². The van der Waals surface area contributed by atoms with E-state index in [9.17, 15) is 4.79 Å². The Morgan fingerprint density at radius 3 is 2.66 bits per heavy atom. The van der Waals surface area contributed by atoms with Crippen molar-refractivity contribution in [2.75, 3.05) is 6.61 Å². The molecule has 1 N–H and O–H groups in total. The van der Waals surface area contributed by atoms with Gasteiger partial charge in [-0.25, -0.2) is 5.43 Å².